The molecule has 0 unspecified atom stereocenters. The number of ether oxygens (including phenoxy) is 1. The van der Waals surface area contributed by atoms with E-state index in [2.05, 4.69) is 36.6 Å². The molecule has 2 nitrogen and oxygen atoms in total. The van der Waals surface area contributed by atoms with E-state index >= 15 is 0 Å². The Morgan fingerprint density at radius 2 is 2.21 bits per heavy atom. The minimum Gasteiger partial charge on any atom is -0.465 e. The Kier molecular flexibility index (Phi) is 4.41. The molecule has 1 rings (SSSR count). The summed E-state index contributed by atoms with van der Waals surface area (Å²) in [6.45, 7) is 0. The smallest absolute Gasteiger partial charge is 0.339 e. The fraction of sp³-hybridized carbons (Fsp3) is 0.222. The van der Waals surface area contributed by atoms with E-state index < -0.39 is 5.97 Å². The number of rotatable bonds is 2. The Labute approximate surface area is 104 Å². The number of carbonyl (C=O) groups excluding carboxylic acids is 1. The van der Waals surface area contributed by atoms with Crippen LogP contribution in [0.15, 0.2) is 16.6 Å². The quantitative estimate of drug-likeness (QED) is 0.604. The number of benzene rings is 1. The lowest BCUT2D eigenvalue weighted by Crippen LogP contribution is -2.02. The van der Waals surface area contributed by atoms with Crippen molar-refractivity contribution in [3.8, 4) is 0 Å². The highest BCUT2D eigenvalue weighted by molar-refractivity contribution is 9.10. The van der Waals surface area contributed by atoms with Crippen LogP contribution in [0.3, 0.4) is 0 Å². The van der Waals surface area contributed by atoms with Gasteiger partial charge < -0.3 is 4.74 Å². The number of hydrogen-bond donors (Lipinski definition) is 0. The zero-order valence-corrected chi connectivity index (χ0v) is 11.2. The third kappa shape index (κ3) is 2.49. The van der Waals surface area contributed by atoms with E-state index in [1.807, 2.05) is 0 Å². The Morgan fingerprint density at radius 1 is 1.57 bits per heavy atom. The summed E-state index contributed by atoms with van der Waals surface area (Å²) in [5, 5.41) is 1.07. The molecule has 0 aliphatic rings. The first-order chi connectivity index (χ1) is 6.60. The van der Waals surface area contributed by atoms with Gasteiger partial charge in [-0.2, -0.15) is 0 Å². The van der Waals surface area contributed by atoms with Crippen LogP contribution in [-0.2, 0) is 10.1 Å². The summed E-state index contributed by atoms with van der Waals surface area (Å²) in [7, 11) is 1.32. The molecule has 0 amide bonds. The van der Waals surface area contributed by atoms with Crippen molar-refractivity contribution in [2.45, 2.75) is 5.33 Å². The lowest BCUT2D eigenvalue weighted by atomic mass is 10.1. The Hall–Kier alpha value is -0.0600. The van der Waals surface area contributed by atoms with Gasteiger partial charge in [-0.15, -0.1) is 0 Å². The normalized spacial score (nSPS) is 10.0. The monoisotopic (exact) mass is 340 g/mol. The third-order valence-electron chi connectivity index (χ3n) is 1.69. The molecule has 0 atom stereocenters. The van der Waals surface area contributed by atoms with Gasteiger partial charge in [-0.25, -0.2) is 4.79 Å². The second-order valence-electron chi connectivity index (χ2n) is 2.55. The van der Waals surface area contributed by atoms with E-state index in [1.165, 1.54) is 7.11 Å². The van der Waals surface area contributed by atoms with Crippen molar-refractivity contribution in [1.82, 2.24) is 0 Å². The predicted octanol–water partition coefficient (Wildman–Crippen LogP) is 3.78. The summed E-state index contributed by atoms with van der Waals surface area (Å²) in [5.74, 6) is -0.433. The summed E-state index contributed by atoms with van der Waals surface area (Å²) in [5.41, 5.74) is 1.35. The zero-order chi connectivity index (χ0) is 10.7. The molecule has 5 heteroatoms. The van der Waals surface area contributed by atoms with Gasteiger partial charge in [0.05, 0.1) is 17.7 Å². The molecular formula is C9H7Br2ClO2. The third-order valence-corrected chi connectivity index (χ3v) is 3.34. The maximum atomic E-state index is 11.2. The van der Waals surface area contributed by atoms with Crippen molar-refractivity contribution >= 4 is 49.4 Å². The average Bonchev–Trinajstić information content (AvgIpc) is 2.19. The van der Waals surface area contributed by atoms with Crippen LogP contribution in [0.4, 0.5) is 0 Å². The van der Waals surface area contributed by atoms with Gasteiger partial charge in [-0.1, -0.05) is 43.5 Å². The second kappa shape index (κ2) is 5.14. The van der Waals surface area contributed by atoms with Gasteiger partial charge in [-0.3, -0.25) is 0 Å². The van der Waals surface area contributed by atoms with Crippen molar-refractivity contribution in [2.24, 2.45) is 0 Å². The van der Waals surface area contributed by atoms with E-state index in [0.29, 0.717) is 15.9 Å². The molecule has 0 aromatic heterocycles. The maximum absolute atomic E-state index is 11.2. The number of methoxy groups -OCH3 is 1. The number of alkyl halides is 1. The van der Waals surface area contributed by atoms with E-state index in [-0.39, 0.29) is 0 Å². The van der Waals surface area contributed by atoms with Crippen LogP contribution in [0.25, 0.3) is 0 Å². The average molecular weight is 342 g/mol. The Morgan fingerprint density at radius 3 is 2.71 bits per heavy atom. The fourth-order valence-electron chi connectivity index (χ4n) is 0.957. The second-order valence-corrected chi connectivity index (χ2v) is 4.37. The molecule has 1 aromatic carbocycles. The van der Waals surface area contributed by atoms with Crippen LogP contribution < -0.4 is 0 Å². The minimum absolute atomic E-state index is 0.366. The molecule has 0 aliphatic heterocycles. The highest BCUT2D eigenvalue weighted by Gasteiger charge is 2.13. The molecule has 0 heterocycles. The molecule has 0 radical (unpaired) electrons. The number of esters is 1. The molecule has 0 saturated heterocycles. The van der Waals surface area contributed by atoms with Crippen molar-refractivity contribution in [3.63, 3.8) is 0 Å². The van der Waals surface area contributed by atoms with Gasteiger partial charge >= 0.3 is 5.97 Å². The first kappa shape index (κ1) is 12.0. The van der Waals surface area contributed by atoms with Gasteiger partial charge in [0.1, 0.15) is 0 Å². The van der Waals surface area contributed by atoms with E-state index in [9.17, 15) is 4.79 Å². The van der Waals surface area contributed by atoms with Crippen LogP contribution in [0, 0.1) is 0 Å². The van der Waals surface area contributed by atoms with Crippen LogP contribution in [-0.4, -0.2) is 13.1 Å². The first-order valence-electron chi connectivity index (χ1n) is 3.72. The van der Waals surface area contributed by atoms with Gasteiger partial charge in [0.2, 0.25) is 0 Å². The molecule has 0 saturated carbocycles. The molecule has 1 aromatic rings. The standard InChI is InChI=1S/C9H7Br2ClO2/c1-14-9(13)6-3-7(11)5(4-10)2-8(6)12/h2-3H,4H2,1H3. The topological polar surface area (TPSA) is 26.3 Å². The van der Waals surface area contributed by atoms with Crippen molar-refractivity contribution in [3.05, 3.63) is 32.8 Å². The number of carbonyl (C=O) groups is 1. The highest BCUT2D eigenvalue weighted by atomic mass is 79.9. The molecule has 0 spiro atoms. The number of hydrogen-bond acceptors (Lipinski definition) is 2. The summed E-state index contributed by atoms with van der Waals surface area (Å²) < 4.78 is 5.42. The molecule has 0 N–H and O–H groups in total. The highest BCUT2D eigenvalue weighted by Crippen LogP contribution is 2.27. The van der Waals surface area contributed by atoms with Crippen LogP contribution in [0.2, 0.25) is 5.02 Å². The zero-order valence-electron chi connectivity index (χ0n) is 7.31. The van der Waals surface area contributed by atoms with Crippen LogP contribution in [0.1, 0.15) is 15.9 Å². The number of halogens is 3. The van der Waals surface area contributed by atoms with Crippen molar-refractivity contribution in [2.75, 3.05) is 7.11 Å². The molecule has 0 aliphatic carbocycles. The summed E-state index contributed by atoms with van der Waals surface area (Å²) in [6.07, 6.45) is 0. The predicted molar refractivity (Wildman–Crippen MR) is 63.1 cm³/mol. The lowest BCUT2D eigenvalue weighted by molar-refractivity contribution is 0.0601. The van der Waals surface area contributed by atoms with Gasteiger partial charge in [-0.05, 0) is 17.7 Å². The summed E-state index contributed by atoms with van der Waals surface area (Å²) >= 11 is 12.6. The van der Waals surface area contributed by atoms with Gasteiger partial charge in [0.25, 0.3) is 0 Å². The van der Waals surface area contributed by atoms with Gasteiger partial charge in [0.15, 0.2) is 0 Å². The minimum atomic E-state index is -0.433. The SMILES string of the molecule is COC(=O)c1cc(Br)c(CBr)cc1Cl. The van der Waals surface area contributed by atoms with Crippen LogP contribution in [0.5, 0.6) is 0 Å². The summed E-state index contributed by atoms with van der Waals surface area (Å²) in [6, 6.07) is 3.39. The van der Waals surface area contributed by atoms with E-state index in [0.717, 1.165) is 10.0 Å². The van der Waals surface area contributed by atoms with Crippen LogP contribution >= 0.6 is 43.5 Å². The molecule has 0 fully saturated rings. The molecule has 76 valence electrons. The molecule has 0 bridgehead atoms. The van der Waals surface area contributed by atoms with Crippen molar-refractivity contribution in [1.29, 1.82) is 0 Å². The van der Waals surface area contributed by atoms with E-state index in [1.54, 1.807) is 12.1 Å². The van der Waals surface area contributed by atoms with Gasteiger partial charge in [0, 0.05) is 9.80 Å². The molecule has 14 heavy (non-hydrogen) atoms. The maximum Gasteiger partial charge on any atom is 0.339 e. The fourth-order valence-corrected chi connectivity index (χ4v) is 2.54. The largest absolute Gasteiger partial charge is 0.465 e. The Balaban J connectivity index is 3.21. The lowest BCUT2D eigenvalue weighted by Gasteiger charge is -2.06. The van der Waals surface area contributed by atoms with Crippen molar-refractivity contribution < 1.29 is 9.53 Å². The summed E-state index contributed by atoms with van der Waals surface area (Å²) in [4.78, 5) is 11.2. The van der Waals surface area contributed by atoms with E-state index in [4.69, 9.17) is 11.6 Å². The molecular weight excluding hydrogens is 335 g/mol. The Bertz CT molecular complexity index is 366. The first-order valence-corrected chi connectivity index (χ1v) is 6.01.